The van der Waals surface area contributed by atoms with Gasteiger partial charge in [-0.2, -0.15) is 0 Å². The summed E-state index contributed by atoms with van der Waals surface area (Å²) in [6.07, 6.45) is 0. The normalized spacial score (nSPS) is 22.1. The number of methoxy groups -OCH3 is 1. The molecule has 0 saturated carbocycles. The van der Waals surface area contributed by atoms with Crippen LogP contribution in [0.4, 0.5) is 5.69 Å². The monoisotopic (exact) mass is 290 g/mol. The number of carbonyl (C=O) groups excluding carboxylic acids is 1. The zero-order valence-electron chi connectivity index (χ0n) is 13.6. The molecule has 116 valence electrons. The Labute approximate surface area is 127 Å². The highest BCUT2D eigenvalue weighted by Crippen LogP contribution is 2.32. The fourth-order valence-corrected chi connectivity index (χ4v) is 2.66. The Balaban J connectivity index is 2.23. The third-order valence-electron chi connectivity index (χ3n) is 4.18. The van der Waals surface area contributed by atoms with Crippen LogP contribution in [0.3, 0.4) is 0 Å². The lowest BCUT2D eigenvalue weighted by Crippen LogP contribution is -2.28. The Morgan fingerprint density at radius 1 is 1.33 bits per heavy atom. The summed E-state index contributed by atoms with van der Waals surface area (Å²) in [4.78, 5) is 12.4. The van der Waals surface area contributed by atoms with Gasteiger partial charge >= 0.3 is 0 Å². The maximum absolute atomic E-state index is 12.4. The molecule has 1 amide bonds. The number of rotatable bonds is 3. The van der Waals surface area contributed by atoms with Crippen molar-refractivity contribution in [3.05, 3.63) is 23.8 Å². The number of nitrogens with one attached hydrogen (secondary N) is 2. The van der Waals surface area contributed by atoms with E-state index in [-0.39, 0.29) is 17.2 Å². The second-order valence-electron chi connectivity index (χ2n) is 6.90. The maximum Gasteiger partial charge on any atom is 0.229 e. The lowest BCUT2D eigenvalue weighted by molar-refractivity contribution is -0.120. The fraction of sp³-hybridized carbons (Fsp3) is 0.588. The summed E-state index contributed by atoms with van der Waals surface area (Å²) in [7, 11) is 1.63. The highest BCUT2D eigenvalue weighted by molar-refractivity contribution is 5.94. The molecule has 0 bridgehead atoms. The van der Waals surface area contributed by atoms with Crippen LogP contribution >= 0.6 is 0 Å². The molecule has 0 unspecified atom stereocenters. The quantitative estimate of drug-likeness (QED) is 0.900. The van der Waals surface area contributed by atoms with Crippen molar-refractivity contribution in [1.29, 1.82) is 0 Å². The molecular weight excluding hydrogens is 264 g/mol. The van der Waals surface area contributed by atoms with Gasteiger partial charge < -0.3 is 15.4 Å². The molecule has 1 aliphatic heterocycles. The van der Waals surface area contributed by atoms with Gasteiger partial charge in [-0.25, -0.2) is 0 Å². The molecule has 1 aliphatic rings. The molecule has 0 spiro atoms. The molecule has 21 heavy (non-hydrogen) atoms. The van der Waals surface area contributed by atoms with Gasteiger partial charge in [0.1, 0.15) is 5.75 Å². The van der Waals surface area contributed by atoms with E-state index < -0.39 is 0 Å². The van der Waals surface area contributed by atoms with Gasteiger partial charge in [-0.1, -0.05) is 33.8 Å². The molecular formula is C17H26N2O2. The van der Waals surface area contributed by atoms with Crippen LogP contribution in [-0.4, -0.2) is 26.1 Å². The van der Waals surface area contributed by atoms with E-state index in [9.17, 15) is 4.79 Å². The van der Waals surface area contributed by atoms with Crippen molar-refractivity contribution in [3.63, 3.8) is 0 Å². The van der Waals surface area contributed by atoms with E-state index in [1.807, 2.05) is 18.2 Å². The topological polar surface area (TPSA) is 50.4 Å². The van der Waals surface area contributed by atoms with Crippen LogP contribution in [0.5, 0.6) is 5.75 Å². The van der Waals surface area contributed by atoms with E-state index in [2.05, 4.69) is 38.3 Å². The molecule has 0 aliphatic carbocycles. The third-order valence-corrected chi connectivity index (χ3v) is 4.18. The number of hydrogen-bond donors (Lipinski definition) is 2. The Hall–Kier alpha value is -1.55. The first-order valence-electron chi connectivity index (χ1n) is 7.53. The van der Waals surface area contributed by atoms with Crippen molar-refractivity contribution < 1.29 is 9.53 Å². The molecule has 1 aromatic carbocycles. The van der Waals surface area contributed by atoms with Gasteiger partial charge in [0.05, 0.1) is 18.7 Å². The van der Waals surface area contributed by atoms with Crippen LogP contribution in [0, 0.1) is 11.8 Å². The Kier molecular flexibility index (Phi) is 4.57. The minimum Gasteiger partial charge on any atom is -0.495 e. The summed E-state index contributed by atoms with van der Waals surface area (Å²) >= 11 is 0. The molecule has 0 radical (unpaired) electrons. The summed E-state index contributed by atoms with van der Waals surface area (Å²) in [6, 6.07) is 5.99. The third kappa shape index (κ3) is 3.56. The zero-order valence-corrected chi connectivity index (χ0v) is 13.6. The van der Waals surface area contributed by atoms with Gasteiger partial charge in [0.25, 0.3) is 0 Å². The van der Waals surface area contributed by atoms with Crippen LogP contribution in [0.15, 0.2) is 18.2 Å². The standard InChI is InChI=1S/C17H26N2O2/c1-11-9-18-10-13(11)16(20)19-14-8-12(17(2,3)4)6-7-15(14)21-5/h6-8,11,13,18H,9-10H2,1-5H3,(H,19,20)/t11-,13-/m1/s1. The average Bonchev–Trinajstić information content (AvgIpc) is 2.84. The number of benzene rings is 1. The fourth-order valence-electron chi connectivity index (χ4n) is 2.66. The summed E-state index contributed by atoms with van der Waals surface area (Å²) in [6.45, 7) is 10.2. The second kappa shape index (κ2) is 6.06. The van der Waals surface area contributed by atoms with Crippen LogP contribution < -0.4 is 15.4 Å². The largest absolute Gasteiger partial charge is 0.495 e. The van der Waals surface area contributed by atoms with E-state index in [1.165, 1.54) is 5.56 Å². The number of carbonyl (C=O) groups is 1. The zero-order chi connectivity index (χ0) is 15.6. The van der Waals surface area contributed by atoms with Crippen molar-refractivity contribution in [2.75, 3.05) is 25.5 Å². The van der Waals surface area contributed by atoms with Crippen LogP contribution in [0.25, 0.3) is 0 Å². The number of ether oxygens (including phenoxy) is 1. The predicted octanol–water partition coefficient (Wildman–Crippen LogP) is 2.79. The Bertz CT molecular complexity index is 520. The van der Waals surface area contributed by atoms with E-state index >= 15 is 0 Å². The van der Waals surface area contributed by atoms with Crippen molar-refractivity contribution in [1.82, 2.24) is 5.32 Å². The lowest BCUT2D eigenvalue weighted by Gasteiger charge is -2.22. The average molecular weight is 290 g/mol. The molecule has 1 saturated heterocycles. The van der Waals surface area contributed by atoms with Crippen LogP contribution in [-0.2, 0) is 10.2 Å². The van der Waals surface area contributed by atoms with Crippen molar-refractivity contribution in [2.24, 2.45) is 11.8 Å². The summed E-state index contributed by atoms with van der Waals surface area (Å²) in [5, 5.41) is 6.30. The van der Waals surface area contributed by atoms with Crippen LogP contribution in [0.1, 0.15) is 33.3 Å². The first kappa shape index (κ1) is 15.8. The number of anilines is 1. The first-order valence-corrected chi connectivity index (χ1v) is 7.53. The molecule has 0 aromatic heterocycles. The van der Waals surface area contributed by atoms with Gasteiger partial charge in [-0.05, 0) is 35.6 Å². The molecule has 2 N–H and O–H groups in total. The van der Waals surface area contributed by atoms with Crippen molar-refractivity contribution in [3.8, 4) is 5.75 Å². The van der Waals surface area contributed by atoms with E-state index in [0.717, 1.165) is 18.8 Å². The minimum absolute atomic E-state index is 0.0213. The molecule has 4 nitrogen and oxygen atoms in total. The van der Waals surface area contributed by atoms with E-state index in [0.29, 0.717) is 11.7 Å². The maximum atomic E-state index is 12.4. The predicted molar refractivity (Wildman–Crippen MR) is 85.8 cm³/mol. The van der Waals surface area contributed by atoms with Gasteiger partial charge in [-0.3, -0.25) is 4.79 Å². The number of amides is 1. The second-order valence-corrected chi connectivity index (χ2v) is 6.90. The summed E-state index contributed by atoms with van der Waals surface area (Å²) < 4.78 is 5.37. The highest BCUT2D eigenvalue weighted by Gasteiger charge is 2.30. The minimum atomic E-state index is 0.0213. The van der Waals surface area contributed by atoms with Gasteiger partial charge in [0.15, 0.2) is 0 Å². The molecule has 2 atom stereocenters. The van der Waals surface area contributed by atoms with Gasteiger partial charge in [0.2, 0.25) is 5.91 Å². The summed E-state index contributed by atoms with van der Waals surface area (Å²) in [5.41, 5.74) is 1.97. The highest BCUT2D eigenvalue weighted by atomic mass is 16.5. The smallest absolute Gasteiger partial charge is 0.229 e. The van der Waals surface area contributed by atoms with Crippen molar-refractivity contribution >= 4 is 11.6 Å². The van der Waals surface area contributed by atoms with Gasteiger partial charge in [0, 0.05) is 6.54 Å². The molecule has 1 heterocycles. The number of hydrogen-bond acceptors (Lipinski definition) is 3. The SMILES string of the molecule is COc1ccc(C(C)(C)C)cc1NC(=O)[C@@H]1CNC[C@H]1C. The van der Waals surface area contributed by atoms with E-state index in [1.54, 1.807) is 7.11 Å². The lowest BCUT2D eigenvalue weighted by atomic mass is 9.86. The van der Waals surface area contributed by atoms with Crippen molar-refractivity contribution in [2.45, 2.75) is 33.1 Å². The molecule has 4 heteroatoms. The molecule has 2 rings (SSSR count). The summed E-state index contributed by atoms with van der Waals surface area (Å²) in [5.74, 6) is 1.15. The Morgan fingerprint density at radius 2 is 2.05 bits per heavy atom. The van der Waals surface area contributed by atoms with Crippen LogP contribution in [0.2, 0.25) is 0 Å². The molecule has 1 fully saturated rings. The van der Waals surface area contributed by atoms with E-state index in [4.69, 9.17) is 4.74 Å². The van der Waals surface area contributed by atoms with Gasteiger partial charge in [-0.15, -0.1) is 0 Å². The first-order chi connectivity index (χ1) is 9.82. The molecule has 1 aromatic rings. The Morgan fingerprint density at radius 3 is 2.57 bits per heavy atom.